The fraction of sp³-hybridized carbons (Fsp3) is 0.625. The Labute approximate surface area is 127 Å². The second kappa shape index (κ2) is 11.4. The number of phosphoric acid groups is 1. The summed E-state index contributed by atoms with van der Waals surface area (Å²) in [5, 5.41) is 0. The van der Waals surface area contributed by atoms with Crippen LogP contribution >= 0.6 is 7.82 Å². The first-order chi connectivity index (χ1) is 8.39. The zero-order valence-electron chi connectivity index (χ0n) is 10.8. The first-order valence-corrected chi connectivity index (χ1v) is 8.01. The molecular formula is C8H17CuO9PS. The van der Waals surface area contributed by atoms with Gasteiger partial charge in [-0.3, -0.25) is 9.08 Å². The molecule has 3 N–H and O–H groups in total. The van der Waals surface area contributed by atoms with Crippen molar-refractivity contribution in [2.75, 3.05) is 19.0 Å². The van der Waals surface area contributed by atoms with Gasteiger partial charge < -0.3 is 14.5 Å². The van der Waals surface area contributed by atoms with Crippen LogP contribution in [0.15, 0.2) is 12.2 Å². The molecule has 125 valence electrons. The summed E-state index contributed by atoms with van der Waals surface area (Å²) in [6.45, 7) is 5.59. The zero-order valence-corrected chi connectivity index (χ0v) is 13.4. The maximum atomic E-state index is 10.7. The molecule has 0 saturated carbocycles. The van der Waals surface area contributed by atoms with Gasteiger partial charge in [-0.25, -0.2) is 9.36 Å². The van der Waals surface area contributed by atoms with Gasteiger partial charge in [-0.2, -0.15) is 8.42 Å². The van der Waals surface area contributed by atoms with Crippen LogP contribution in [0, 0.1) is 0 Å². The molecule has 0 saturated heterocycles. The number of carbonyl (C=O) groups is 1. The second-order valence-corrected chi connectivity index (χ2v) is 6.09. The van der Waals surface area contributed by atoms with E-state index < -0.39 is 23.9 Å². The van der Waals surface area contributed by atoms with E-state index in [4.69, 9.17) is 14.3 Å². The molecule has 9 nitrogen and oxygen atoms in total. The Kier molecular flexibility index (Phi) is 14.1. The molecule has 0 aromatic carbocycles. The van der Waals surface area contributed by atoms with E-state index in [1.54, 1.807) is 0 Å². The van der Waals surface area contributed by atoms with Crippen molar-refractivity contribution >= 4 is 23.9 Å². The fourth-order valence-electron chi connectivity index (χ4n) is 0.414. The van der Waals surface area contributed by atoms with Crippen molar-refractivity contribution in [3.63, 3.8) is 0 Å². The average Bonchev–Trinajstić information content (AvgIpc) is 2.22. The number of hydrogen-bond acceptors (Lipinski definition) is 6. The van der Waals surface area contributed by atoms with Crippen LogP contribution in [-0.4, -0.2) is 47.7 Å². The predicted octanol–water partition coefficient (Wildman–Crippen LogP) is 0.107. The van der Waals surface area contributed by atoms with Crippen LogP contribution in [0.3, 0.4) is 0 Å². The zero-order chi connectivity index (χ0) is 15.7. The third kappa shape index (κ3) is 22.9. The molecular weight excluding hydrogens is 367 g/mol. The standard InChI is InChI=1S/C6H11O6P.C2H6O3S.Cu/c1-5(2)6(7)11-3-4-12-13(8,9)10;1-2-6(3,4)5;/h1,3-4H2,2H3,(H2,8,9,10);2H2,1H3,(H,3,4,5);. The SMILES string of the molecule is C=C(C)C(=O)OCCOP(=O)(O)O.CCS(=O)(=O)O.[Cu]. The topological polar surface area (TPSA) is 147 Å². The third-order valence-corrected chi connectivity index (χ3v) is 2.54. The van der Waals surface area contributed by atoms with Crippen LogP contribution in [0.2, 0.25) is 0 Å². The van der Waals surface area contributed by atoms with Gasteiger partial charge in [0.1, 0.15) is 6.61 Å². The Hall–Kier alpha value is -0.251. The molecule has 0 aromatic rings. The summed E-state index contributed by atoms with van der Waals surface area (Å²) in [7, 11) is -8.13. The number of ether oxygens (including phenoxy) is 1. The Morgan fingerprint density at radius 2 is 1.70 bits per heavy atom. The van der Waals surface area contributed by atoms with E-state index in [0.29, 0.717) is 0 Å². The molecule has 0 unspecified atom stereocenters. The van der Waals surface area contributed by atoms with Crippen LogP contribution in [0.1, 0.15) is 13.8 Å². The molecule has 12 heteroatoms. The normalized spacial score (nSPS) is 10.7. The number of phosphoric ester groups is 1. The number of carbonyl (C=O) groups excluding carboxylic acids is 1. The summed E-state index contributed by atoms with van der Waals surface area (Å²) in [4.78, 5) is 27.1. The van der Waals surface area contributed by atoms with Crippen molar-refractivity contribution < 1.29 is 58.4 Å². The van der Waals surface area contributed by atoms with Gasteiger partial charge in [0, 0.05) is 22.6 Å². The molecule has 0 bridgehead atoms. The average molecular weight is 384 g/mol. The van der Waals surface area contributed by atoms with Gasteiger partial charge in [-0.1, -0.05) is 6.58 Å². The van der Waals surface area contributed by atoms with E-state index in [1.165, 1.54) is 13.8 Å². The maximum Gasteiger partial charge on any atom is 0.469 e. The van der Waals surface area contributed by atoms with Crippen LogP contribution in [0.25, 0.3) is 0 Å². The molecule has 0 atom stereocenters. The largest absolute Gasteiger partial charge is 0.469 e. The second-order valence-electron chi connectivity index (χ2n) is 3.11. The smallest absolute Gasteiger partial charge is 0.460 e. The molecule has 0 spiro atoms. The van der Waals surface area contributed by atoms with Crippen molar-refractivity contribution in [1.82, 2.24) is 0 Å². The van der Waals surface area contributed by atoms with E-state index >= 15 is 0 Å². The van der Waals surface area contributed by atoms with Gasteiger partial charge in [0.15, 0.2) is 0 Å². The molecule has 0 amide bonds. The van der Waals surface area contributed by atoms with Gasteiger partial charge in [0.05, 0.1) is 12.4 Å². The van der Waals surface area contributed by atoms with Gasteiger partial charge in [0.25, 0.3) is 10.1 Å². The molecule has 20 heavy (non-hydrogen) atoms. The Balaban J connectivity index is -0.000000352. The molecule has 0 aliphatic rings. The van der Waals surface area contributed by atoms with Gasteiger partial charge in [0.2, 0.25) is 0 Å². The minimum Gasteiger partial charge on any atom is -0.460 e. The summed E-state index contributed by atoms with van der Waals surface area (Å²) in [6, 6.07) is 0. The van der Waals surface area contributed by atoms with Gasteiger partial charge in [-0.05, 0) is 13.8 Å². The van der Waals surface area contributed by atoms with Crippen molar-refractivity contribution in [3.8, 4) is 0 Å². The van der Waals surface area contributed by atoms with E-state index in [1.807, 2.05) is 0 Å². The minimum atomic E-state index is -4.46. The van der Waals surface area contributed by atoms with Crippen LogP contribution < -0.4 is 0 Å². The number of rotatable bonds is 6. The van der Waals surface area contributed by atoms with E-state index in [2.05, 4.69) is 15.8 Å². The quantitative estimate of drug-likeness (QED) is 0.145. The Bertz CT molecular complexity index is 441. The van der Waals surface area contributed by atoms with Gasteiger partial charge in [-0.15, -0.1) is 0 Å². The Morgan fingerprint density at radius 3 is 1.95 bits per heavy atom. The minimum absolute atomic E-state index is 0. The van der Waals surface area contributed by atoms with E-state index in [9.17, 15) is 17.8 Å². The maximum absolute atomic E-state index is 10.7. The molecule has 0 rings (SSSR count). The number of esters is 1. The summed E-state index contributed by atoms with van der Waals surface area (Å²) >= 11 is 0. The van der Waals surface area contributed by atoms with E-state index in [-0.39, 0.29) is 41.6 Å². The van der Waals surface area contributed by atoms with Crippen molar-refractivity contribution in [1.29, 1.82) is 0 Å². The van der Waals surface area contributed by atoms with Crippen molar-refractivity contribution in [2.45, 2.75) is 13.8 Å². The summed E-state index contributed by atoms with van der Waals surface area (Å²) in [5.41, 5.74) is 0.219. The van der Waals surface area contributed by atoms with Crippen molar-refractivity contribution in [2.24, 2.45) is 0 Å². The summed E-state index contributed by atoms with van der Waals surface area (Å²) < 4.78 is 45.5. The summed E-state index contributed by atoms with van der Waals surface area (Å²) in [6.07, 6.45) is 0. The molecule has 0 aliphatic carbocycles. The molecule has 1 radical (unpaired) electrons. The fourth-order valence-corrected chi connectivity index (χ4v) is 0.726. The first-order valence-electron chi connectivity index (χ1n) is 4.87. The molecule has 0 heterocycles. The van der Waals surface area contributed by atoms with E-state index in [0.717, 1.165) is 0 Å². The van der Waals surface area contributed by atoms with Crippen LogP contribution in [0.4, 0.5) is 0 Å². The first kappa shape index (κ1) is 24.7. The molecule has 0 aromatic heterocycles. The van der Waals surface area contributed by atoms with Gasteiger partial charge >= 0.3 is 13.8 Å². The third-order valence-electron chi connectivity index (χ3n) is 1.29. The monoisotopic (exact) mass is 383 g/mol. The number of hydrogen-bond donors (Lipinski definition) is 3. The van der Waals surface area contributed by atoms with Crippen LogP contribution in [0.5, 0.6) is 0 Å². The predicted molar refractivity (Wildman–Crippen MR) is 65.9 cm³/mol. The molecule has 0 aliphatic heterocycles. The molecule has 0 fully saturated rings. The van der Waals surface area contributed by atoms with Crippen LogP contribution in [-0.2, 0) is 45.8 Å². The summed E-state index contributed by atoms with van der Waals surface area (Å²) in [5.74, 6) is -0.818. The Morgan fingerprint density at radius 1 is 1.30 bits per heavy atom. The van der Waals surface area contributed by atoms with Crippen molar-refractivity contribution in [3.05, 3.63) is 12.2 Å².